The van der Waals surface area contributed by atoms with Crippen LogP contribution in [-0.2, 0) is 20.4 Å². The predicted octanol–water partition coefficient (Wildman–Crippen LogP) is 1.45. The Kier molecular flexibility index (Phi) is 4.22. The number of hydrogen-bond acceptors (Lipinski definition) is 4. The number of nitrogens with zero attached hydrogens (tertiary/aromatic N) is 1. The summed E-state index contributed by atoms with van der Waals surface area (Å²) in [5.41, 5.74) is 0.990. The highest BCUT2D eigenvalue weighted by Gasteiger charge is 2.28. The Morgan fingerprint density at radius 3 is 2.78 bits per heavy atom. The molecule has 2 aliphatic rings. The van der Waals surface area contributed by atoms with Gasteiger partial charge in [0.1, 0.15) is 24.8 Å². The Labute approximate surface area is 108 Å². The molecule has 1 heterocycles. The molecule has 2 rings (SSSR count). The average molecular weight is 269 g/mol. The van der Waals surface area contributed by atoms with Crippen LogP contribution in [0.3, 0.4) is 0 Å². The summed E-state index contributed by atoms with van der Waals surface area (Å²) in [7, 11) is -1.16. The first-order valence-electron chi connectivity index (χ1n) is 5.60. The Bertz CT molecular complexity index is 494. The van der Waals surface area contributed by atoms with Crippen LogP contribution >= 0.6 is 0 Å². The molecule has 0 saturated carbocycles. The summed E-state index contributed by atoms with van der Waals surface area (Å²) < 4.78 is 34.1. The molecular formula is C12H15NO4S. The van der Waals surface area contributed by atoms with Crippen molar-refractivity contribution in [1.82, 2.24) is 4.31 Å². The number of thiol groups is 1. The molecule has 0 spiro atoms. The molecule has 1 aliphatic heterocycles. The van der Waals surface area contributed by atoms with Crippen LogP contribution in [0.5, 0.6) is 0 Å². The van der Waals surface area contributed by atoms with Crippen LogP contribution in [0.2, 0.25) is 0 Å². The van der Waals surface area contributed by atoms with Crippen molar-refractivity contribution in [3.05, 3.63) is 48.3 Å². The molecule has 0 aromatic rings. The monoisotopic (exact) mass is 269 g/mol. The van der Waals surface area contributed by atoms with Gasteiger partial charge in [0.05, 0.1) is 0 Å². The maximum Gasteiger partial charge on any atom is 0.204 e. The summed E-state index contributed by atoms with van der Waals surface area (Å²) >= 11 is 0. The van der Waals surface area contributed by atoms with Crippen LogP contribution in [0, 0.1) is 0 Å². The third kappa shape index (κ3) is 2.83. The number of allylic oxidation sites excluding steroid dienone is 3. The second-order valence-corrected chi connectivity index (χ2v) is 5.08. The van der Waals surface area contributed by atoms with Crippen molar-refractivity contribution in [1.29, 1.82) is 0 Å². The molecule has 0 saturated heterocycles. The van der Waals surface area contributed by atoms with Gasteiger partial charge in [-0.3, -0.25) is 0 Å². The minimum absolute atomic E-state index is 0.444. The van der Waals surface area contributed by atoms with E-state index in [-0.39, 0.29) is 0 Å². The minimum atomic E-state index is -2.68. The highest BCUT2D eigenvalue weighted by molar-refractivity contribution is 7.69. The highest BCUT2D eigenvalue weighted by Crippen LogP contribution is 2.27. The van der Waals surface area contributed by atoms with Crippen LogP contribution in [0.4, 0.5) is 0 Å². The summed E-state index contributed by atoms with van der Waals surface area (Å²) in [4.78, 5) is 0. The molecule has 0 amide bonds. The Morgan fingerprint density at radius 1 is 1.39 bits per heavy atom. The molecule has 0 N–H and O–H groups in total. The molecule has 5 nitrogen and oxygen atoms in total. The van der Waals surface area contributed by atoms with E-state index in [0.29, 0.717) is 5.76 Å². The van der Waals surface area contributed by atoms with Gasteiger partial charge in [-0.15, -0.1) is 0 Å². The molecule has 0 fully saturated rings. The largest absolute Gasteiger partial charge is 0.466 e. The van der Waals surface area contributed by atoms with E-state index < -0.39 is 16.9 Å². The Balaban J connectivity index is 2.30. The normalized spacial score (nSPS) is 20.2. The van der Waals surface area contributed by atoms with E-state index in [0.717, 1.165) is 18.4 Å². The SMILES string of the molecule is CN(C(C1=CC=CCC1)C1=COC=CO1)[SH](=O)=O. The molecule has 0 bridgehead atoms. The highest BCUT2D eigenvalue weighted by atomic mass is 32.2. The van der Waals surface area contributed by atoms with E-state index in [4.69, 9.17) is 9.47 Å². The van der Waals surface area contributed by atoms with Gasteiger partial charge in [0.2, 0.25) is 10.9 Å². The van der Waals surface area contributed by atoms with Crippen molar-refractivity contribution >= 4 is 10.9 Å². The fourth-order valence-electron chi connectivity index (χ4n) is 1.95. The second kappa shape index (κ2) is 5.88. The number of ether oxygens (including phenoxy) is 2. The van der Waals surface area contributed by atoms with Crippen molar-refractivity contribution in [2.24, 2.45) is 0 Å². The van der Waals surface area contributed by atoms with Crippen molar-refractivity contribution in [2.75, 3.05) is 7.05 Å². The number of likely N-dealkylation sites (N-methyl/N-ethyl adjacent to an activating group) is 1. The maximum absolute atomic E-state index is 11.2. The van der Waals surface area contributed by atoms with E-state index in [1.165, 1.54) is 30.1 Å². The first kappa shape index (κ1) is 12.9. The zero-order valence-electron chi connectivity index (χ0n) is 9.98. The zero-order chi connectivity index (χ0) is 13.0. The van der Waals surface area contributed by atoms with Gasteiger partial charge in [-0.05, 0) is 18.4 Å². The van der Waals surface area contributed by atoms with Crippen LogP contribution in [-0.4, -0.2) is 25.8 Å². The van der Waals surface area contributed by atoms with Gasteiger partial charge in [0, 0.05) is 7.05 Å². The summed E-state index contributed by atoms with van der Waals surface area (Å²) in [5, 5.41) is 0. The van der Waals surface area contributed by atoms with Crippen molar-refractivity contribution in [2.45, 2.75) is 18.9 Å². The topological polar surface area (TPSA) is 55.8 Å². The standard InChI is InChI=1S/C12H15NO4S/c1-13(18(14)15)12(10-5-3-2-4-6-10)11-9-16-7-8-17-11/h2-3,5,7-9,12,18H,4,6H2,1H3. The number of rotatable bonds is 4. The lowest BCUT2D eigenvalue weighted by atomic mass is 9.96. The lowest BCUT2D eigenvalue weighted by Crippen LogP contribution is -2.35. The second-order valence-electron chi connectivity index (χ2n) is 3.97. The maximum atomic E-state index is 11.2. The molecule has 6 heteroatoms. The zero-order valence-corrected chi connectivity index (χ0v) is 10.9. The fraction of sp³-hybridized carbons (Fsp3) is 0.333. The lowest BCUT2D eigenvalue weighted by Gasteiger charge is -2.28. The van der Waals surface area contributed by atoms with Gasteiger partial charge in [-0.1, -0.05) is 18.2 Å². The van der Waals surface area contributed by atoms with Crippen LogP contribution in [0.25, 0.3) is 0 Å². The third-order valence-electron chi connectivity index (χ3n) is 2.82. The van der Waals surface area contributed by atoms with E-state index in [2.05, 4.69) is 0 Å². The smallest absolute Gasteiger partial charge is 0.204 e. The molecule has 0 aromatic carbocycles. The summed E-state index contributed by atoms with van der Waals surface area (Å²) in [6, 6.07) is -0.444. The molecule has 98 valence electrons. The first-order valence-corrected chi connectivity index (χ1v) is 6.73. The summed E-state index contributed by atoms with van der Waals surface area (Å²) in [6.07, 6.45) is 11.8. The minimum Gasteiger partial charge on any atom is -0.466 e. The quantitative estimate of drug-likeness (QED) is 0.785. The van der Waals surface area contributed by atoms with Crippen LogP contribution < -0.4 is 0 Å². The van der Waals surface area contributed by atoms with E-state index in [1.807, 2.05) is 18.2 Å². The average Bonchev–Trinajstić information content (AvgIpc) is 2.41. The van der Waals surface area contributed by atoms with Crippen molar-refractivity contribution in [3.63, 3.8) is 0 Å². The predicted molar refractivity (Wildman–Crippen MR) is 67.7 cm³/mol. The molecule has 1 unspecified atom stereocenters. The molecule has 0 radical (unpaired) electrons. The van der Waals surface area contributed by atoms with Crippen molar-refractivity contribution in [3.8, 4) is 0 Å². The fourth-order valence-corrected chi connectivity index (χ4v) is 2.40. The van der Waals surface area contributed by atoms with Gasteiger partial charge >= 0.3 is 0 Å². The number of hydrogen-bond donors (Lipinski definition) is 1. The molecule has 18 heavy (non-hydrogen) atoms. The van der Waals surface area contributed by atoms with E-state index >= 15 is 0 Å². The van der Waals surface area contributed by atoms with Crippen molar-refractivity contribution < 1.29 is 17.9 Å². The molecular weight excluding hydrogens is 254 g/mol. The van der Waals surface area contributed by atoms with Gasteiger partial charge in [0.25, 0.3) is 0 Å². The summed E-state index contributed by atoms with van der Waals surface area (Å²) in [6.45, 7) is 0. The third-order valence-corrected chi connectivity index (χ3v) is 3.57. The Hall–Kier alpha value is -1.53. The Morgan fingerprint density at radius 2 is 2.22 bits per heavy atom. The van der Waals surface area contributed by atoms with Gasteiger partial charge in [-0.2, -0.15) is 4.31 Å². The van der Waals surface area contributed by atoms with Crippen LogP contribution in [0.1, 0.15) is 12.8 Å². The summed E-state index contributed by atoms with van der Waals surface area (Å²) in [5.74, 6) is 0.473. The van der Waals surface area contributed by atoms with E-state index in [9.17, 15) is 8.42 Å². The molecule has 1 aliphatic carbocycles. The molecule has 1 atom stereocenters. The van der Waals surface area contributed by atoms with E-state index in [1.54, 1.807) is 0 Å². The van der Waals surface area contributed by atoms with Crippen LogP contribution in [0.15, 0.2) is 48.3 Å². The molecule has 0 aromatic heterocycles. The van der Waals surface area contributed by atoms with Gasteiger partial charge in [0.15, 0.2) is 5.76 Å². The van der Waals surface area contributed by atoms with Gasteiger partial charge < -0.3 is 9.47 Å². The van der Waals surface area contributed by atoms with Gasteiger partial charge in [-0.25, -0.2) is 8.42 Å². The first-order chi connectivity index (χ1) is 8.70. The lowest BCUT2D eigenvalue weighted by molar-refractivity contribution is 0.216.